The zero-order valence-corrected chi connectivity index (χ0v) is 35.2. The Morgan fingerprint density at radius 1 is 0.639 bits per heavy atom. The Hall–Kier alpha value is -5.39. The van der Waals surface area contributed by atoms with Gasteiger partial charge in [-0.25, -0.2) is 0 Å². The summed E-state index contributed by atoms with van der Waals surface area (Å²) in [5.41, 5.74) is 8.07. The highest BCUT2D eigenvalue weighted by Crippen LogP contribution is 2.17. The molecule has 2 aromatic carbocycles. The van der Waals surface area contributed by atoms with Gasteiger partial charge in [0.05, 0.1) is 18.3 Å². The molecular formula is C44H64N8O9. The predicted molar refractivity (Wildman–Crippen MR) is 228 cm³/mol. The van der Waals surface area contributed by atoms with E-state index in [1.54, 1.807) is 0 Å². The number of nitrogens with two attached hydrogens (primary N) is 1. The van der Waals surface area contributed by atoms with Crippen molar-refractivity contribution in [3.63, 3.8) is 0 Å². The molecule has 11 N–H and O–H groups in total. The molecule has 0 bridgehead atoms. The molecule has 334 valence electrons. The van der Waals surface area contributed by atoms with Gasteiger partial charge in [-0.05, 0) is 62.2 Å². The van der Waals surface area contributed by atoms with Gasteiger partial charge in [0, 0.05) is 75.0 Å². The van der Waals surface area contributed by atoms with E-state index in [0.717, 1.165) is 17.7 Å². The molecule has 17 heteroatoms. The summed E-state index contributed by atoms with van der Waals surface area (Å²) >= 11 is 0. The molecule has 2 aliphatic heterocycles. The van der Waals surface area contributed by atoms with Gasteiger partial charge in [-0.15, -0.1) is 0 Å². The summed E-state index contributed by atoms with van der Waals surface area (Å²) in [7, 11) is 0. The Labute approximate surface area is 357 Å². The summed E-state index contributed by atoms with van der Waals surface area (Å²) in [6, 6.07) is 15.3. The molecule has 4 rings (SSSR count). The minimum absolute atomic E-state index is 0.0118. The standard InChI is InChI=1S/C44H64N8O9/c1-27(2)37(52-39(54)22-32(20-29-11-7-4-8-12-29)49-43(60)33-25-46-17-15-35(33)45)24-40(55)51-36-16-18-47-26-34(36)44(61)50-31(19-28-9-5-3-6-10-28)21-38(53)48-30(23-42(58)59)13-14-41(56)57/h3-12,27,30-37,46-47H,13-26,45H2,1-2H3,(H,48,53)(H,49,60)(H,50,61)(H,51,55)(H,52,54)(H,56,57)(H,58,59)/t30-,31-,32-,33+,34+,35+,36+,37+/m0/s1. The number of carbonyl (C=O) groups is 7. The van der Waals surface area contributed by atoms with Crippen molar-refractivity contribution in [1.82, 2.24) is 37.2 Å². The SMILES string of the molecule is CC(C)[C@@H](CC(=O)N[C@@H]1CCNC[C@H]1C(=O)N[C@H](CC(=O)N[C@@H](CCC(=O)O)CC(=O)O)Cc1ccccc1)NC(=O)C[C@H](Cc1ccccc1)NC(=O)[C@@H]1CNCC[C@H]1N. The molecule has 0 unspecified atom stereocenters. The van der Waals surface area contributed by atoms with Gasteiger partial charge in [-0.2, -0.15) is 0 Å². The van der Waals surface area contributed by atoms with Crippen molar-refractivity contribution in [3.8, 4) is 0 Å². The second-order valence-electron chi connectivity index (χ2n) is 16.7. The second kappa shape index (κ2) is 24.8. The number of nitrogens with one attached hydrogen (secondary N) is 7. The fourth-order valence-corrected chi connectivity index (χ4v) is 7.89. The lowest BCUT2D eigenvalue weighted by Gasteiger charge is -2.34. The number of piperidine rings is 2. The minimum atomic E-state index is -1.18. The van der Waals surface area contributed by atoms with E-state index in [0.29, 0.717) is 32.4 Å². The molecule has 2 heterocycles. The number of benzene rings is 2. The van der Waals surface area contributed by atoms with Gasteiger partial charge < -0.3 is 53.2 Å². The van der Waals surface area contributed by atoms with E-state index in [4.69, 9.17) is 10.8 Å². The zero-order chi connectivity index (χ0) is 44.3. The van der Waals surface area contributed by atoms with Crippen molar-refractivity contribution < 1.29 is 43.8 Å². The molecule has 17 nitrogen and oxygen atoms in total. The number of rotatable bonds is 23. The van der Waals surface area contributed by atoms with Gasteiger partial charge in [-0.3, -0.25) is 33.6 Å². The molecule has 2 saturated heterocycles. The Balaban J connectivity index is 1.38. The topological polar surface area (TPSA) is 270 Å². The van der Waals surface area contributed by atoms with Crippen LogP contribution in [0, 0.1) is 17.8 Å². The number of carbonyl (C=O) groups excluding carboxylic acids is 5. The van der Waals surface area contributed by atoms with E-state index in [9.17, 15) is 38.7 Å². The van der Waals surface area contributed by atoms with E-state index in [-0.39, 0.29) is 80.7 Å². The Kier molecular flexibility index (Phi) is 19.6. The molecule has 2 aliphatic rings. The molecule has 8 atom stereocenters. The predicted octanol–water partition coefficient (Wildman–Crippen LogP) is 0.608. The van der Waals surface area contributed by atoms with Crippen molar-refractivity contribution in [2.75, 3.05) is 26.2 Å². The quantitative estimate of drug-likeness (QED) is 0.0738. The number of hydrogen-bond acceptors (Lipinski definition) is 10. The summed E-state index contributed by atoms with van der Waals surface area (Å²) in [4.78, 5) is 90.3. The third-order valence-corrected chi connectivity index (χ3v) is 11.3. The van der Waals surface area contributed by atoms with E-state index in [1.165, 1.54) is 0 Å². The average Bonchev–Trinajstić information content (AvgIpc) is 3.20. The fourth-order valence-electron chi connectivity index (χ4n) is 7.89. The first-order valence-corrected chi connectivity index (χ1v) is 21.3. The van der Waals surface area contributed by atoms with Crippen LogP contribution in [0.25, 0.3) is 0 Å². The van der Waals surface area contributed by atoms with Gasteiger partial charge in [0.25, 0.3) is 0 Å². The minimum Gasteiger partial charge on any atom is -0.481 e. The van der Waals surface area contributed by atoms with Gasteiger partial charge in [0.1, 0.15) is 0 Å². The van der Waals surface area contributed by atoms with Crippen LogP contribution in [0.1, 0.15) is 76.3 Å². The Morgan fingerprint density at radius 2 is 1.16 bits per heavy atom. The lowest BCUT2D eigenvalue weighted by Crippen LogP contribution is -2.57. The first-order valence-electron chi connectivity index (χ1n) is 21.3. The van der Waals surface area contributed by atoms with Gasteiger partial charge in [-0.1, -0.05) is 74.5 Å². The van der Waals surface area contributed by atoms with Crippen LogP contribution in [0.3, 0.4) is 0 Å². The number of carboxylic acids is 2. The summed E-state index contributed by atoms with van der Waals surface area (Å²) in [6.07, 6.45) is 0.741. The van der Waals surface area contributed by atoms with Crippen molar-refractivity contribution in [2.24, 2.45) is 23.5 Å². The molecular weight excluding hydrogens is 785 g/mol. The molecule has 0 aromatic heterocycles. The van der Waals surface area contributed by atoms with Crippen molar-refractivity contribution in [1.29, 1.82) is 0 Å². The smallest absolute Gasteiger partial charge is 0.305 e. The third kappa shape index (κ3) is 17.2. The molecule has 0 spiro atoms. The highest BCUT2D eigenvalue weighted by Gasteiger charge is 2.35. The molecule has 0 saturated carbocycles. The van der Waals surface area contributed by atoms with Gasteiger partial charge >= 0.3 is 11.9 Å². The maximum Gasteiger partial charge on any atom is 0.305 e. The van der Waals surface area contributed by atoms with Crippen molar-refractivity contribution in [2.45, 2.75) is 114 Å². The molecule has 61 heavy (non-hydrogen) atoms. The Morgan fingerprint density at radius 3 is 1.69 bits per heavy atom. The lowest BCUT2D eigenvalue weighted by molar-refractivity contribution is -0.140. The van der Waals surface area contributed by atoms with Crippen LogP contribution in [-0.2, 0) is 46.4 Å². The highest BCUT2D eigenvalue weighted by atomic mass is 16.4. The summed E-state index contributed by atoms with van der Waals surface area (Å²) < 4.78 is 0. The van der Waals surface area contributed by atoms with Crippen LogP contribution in [-0.4, -0.2) is 114 Å². The number of aliphatic carboxylic acids is 2. The fraction of sp³-hybridized carbons (Fsp3) is 0.568. The molecule has 0 radical (unpaired) electrons. The van der Waals surface area contributed by atoms with E-state index < -0.39 is 66.3 Å². The van der Waals surface area contributed by atoms with Crippen molar-refractivity contribution >= 4 is 41.5 Å². The van der Waals surface area contributed by atoms with E-state index >= 15 is 0 Å². The first kappa shape index (κ1) is 48.3. The zero-order valence-electron chi connectivity index (χ0n) is 35.2. The van der Waals surface area contributed by atoms with Crippen LogP contribution >= 0.6 is 0 Å². The normalized spacial score (nSPS) is 20.9. The molecule has 2 aromatic rings. The average molecular weight is 849 g/mol. The van der Waals surface area contributed by atoms with Crippen LogP contribution in [0.15, 0.2) is 60.7 Å². The van der Waals surface area contributed by atoms with Gasteiger partial charge in [0.15, 0.2) is 0 Å². The summed E-state index contributed by atoms with van der Waals surface area (Å²) in [5.74, 6) is -5.33. The maximum absolute atomic E-state index is 13.9. The molecule has 0 aliphatic carbocycles. The van der Waals surface area contributed by atoms with E-state index in [2.05, 4.69) is 37.2 Å². The van der Waals surface area contributed by atoms with Gasteiger partial charge in [0.2, 0.25) is 29.5 Å². The van der Waals surface area contributed by atoms with Crippen LogP contribution < -0.4 is 43.0 Å². The summed E-state index contributed by atoms with van der Waals surface area (Å²) in [6.45, 7) is 5.81. The maximum atomic E-state index is 13.9. The summed E-state index contributed by atoms with van der Waals surface area (Å²) in [5, 5.41) is 39.6. The van der Waals surface area contributed by atoms with Crippen LogP contribution in [0.2, 0.25) is 0 Å². The first-order chi connectivity index (χ1) is 29.2. The Bertz CT molecular complexity index is 1770. The van der Waals surface area contributed by atoms with Crippen LogP contribution in [0.4, 0.5) is 0 Å². The lowest BCUT2D eigenvalue weighted by atomic mass is 9.91. The van der Waals surface area contributed by atoms with Crippen LogP contribution in [0.5, 0.6) is 0 Å². The number of amides is 5. The number of hydrogen-bond donors (Lipinski definition) is 10. The van der Waals surface area contributed by atoms with E-state index in [1.807, 2.05) is 74.5 Å². The largest absolute Gasteiger partial charge is 0.481 e. The van der Waals surface area contributed by atoms with Crippen molar-refractivity contribution in [3.05, 3.63) is 71.8 Å². The number of carboxylic acid groups (broad SMARTS) is 2. The molecule has 2 fully saturated rings. The third-order valence-electron chi connectivity index (χ3n) is 11.3. The molecule has 5 amide bonds. The monoisotopic (exact) mass is 848 g/mol. The highest BCUT2D eigenvalue weighted by molar-refractivity contribution is 5.85. The second-order valence-corrected chi connectivity index (χ2v) is 16.7.